The topological polar surface area (TPSA) is 64.1 Å². The number of thiazole rings is 1. The lowest BCUT2D eigenvalue weighted by molar-refractivity contribution is -0.116. The third-order valence-electron chi connectivity index (χ3n) is 4.43. The fourth-order valence-electron chi connectivity index (χ4n) is 2.92. The van der Waals surface area contributed by atoms with Gasteiger partial charge in [0.25, 0.3) is 0 Å². The van der Waals surface area contributed by atoms with Crippen LogP contribution in [0.15, 0.2) is 60.8 Å². The molecule has 0 aliphatic heterocycles. The molecule has 1 N–H and O–H groups in total. The molecule has 0 spiro atoms. The number of methoxy groups -OCH3 is 1. The SMILES string of the molecule is COc1ccc(CCC(=O)Nc2ccc(-c3nc4ccccc4s3)cn2)cc1F. The van der Waals surface area contributed by atoms with E-state index in [-0.39, 0.29) is 18.1 Å². The molecule has 0 atom stereocenters. The van der Waals surface area contributed by atoms with E-state index in [2.05, 4.69) is 15.3 Å². The molecule has 0 bridgehead atoms. The van der Waals surface area contributed by atoms with E-state index < -0.39 is 5.82 Å². The minimum absolute atomic E-state index is 0.179. The molecule has 0 fully saturated rings. The predicted octanol–water partition coefficient (Wildman–Crippen LogP) is 5.08. The number of aryl methyl sites for hydroxylation is 1. The maximum atomic E-state index is 13.7. The highest BCUT2D eigenvalue weighted by Gasteiger charge is 2.09. The second-order valence-electron chi connectivity index (χ2n) is 6.44. The van der Waals surface area contributed by atoms with E-state index in [1.807, 2.05) is 30.3 Å². The number of nitrogens with one attached hydrogen (secondary N) is 1. The molecular formula is C22H18FN3O2S. The lowest BCUT2D eigenvalue weighted by Crippen LogP contribution is -2.13. The fraction of sp³-hybridized carbons (Fsp3) is 0.136. The maximum absolute atomic E-state index is 13.7. The van der Waals surface area contributed by atoms with Gasteiger partial charge in [-0.15, -0.1) is 11.3 Å². The summed E-state index contributed by atoms with van der Waals surface area (Å²) in [7, 11) is 1.42. The van der Waals surface area contributed by atoms with Crippen LogP contribution in [0.4, 0.5) is 10.2 Å². The van der Waals surface area contributed by atoms with Crippen molar-refractivity contribution in [2.45, 2.75) is 12.8 Å². The summed E-state index contributed by atoms with van der Waals surface area (Å²) < 4.78 is 19.7. The number of para-hydroxylation sites is 1. The van der Waals surface area contributed by atoms with Crippen molar-refractivity contribution >= 4 is 33.3 Å². The number of fused-ring (bicyclic) bond motifs is 1. The zero-order chi connectivity index (χ0) is 20.2. The average Bonchev–Trinajstić information content (AvgIpc) is 3.17. The highest BCUT2D eigenvalue weighted by atomic mass is 32.1. The smallest absolute Gasteiger partial charge is 0.225 e. The first-order valence-electron chi connectivity index (χ1n) is 9.06. The molecular weight excluding hydrogens is 389 g/mol. The molecule has 2 heterocycles. The Labute approximate surface area is 171 Å². The predicted molar refractivity (Wildman–Crippen MR) is 113 cm³/mol. The molecule has 0 unspecified atom stereocenters. The molecule has 29 heavy (non-hydrogen) atoms. The van der Waals surface area contributed by atoms with Crippen molar-refractivity contribution in [3.8, 4) is 16.3 Å². The van der Waals surface area contributed by atoms with Crippen LogP contribution in [-0.4, -0.2) is 23.0 Å². The molecule has 5 nitrogen and oxygen atoms in total. The first-order chi connectivity index (χ1) is 14.1. The Hall–Kier alpha value is -3.32. The minimum atomic E-state index is -0.433. The number of rotatable bonds is 6. The fourth-order valence-corrected chi connectivity index (χ4v) is 3.87. The molecule has 0 radical (unpaired) electrons. The standard InChI is InChI=1S/C22H18FN3O2S/c1-28-18-9-6-14(12-16(18)23)7-11-21(27)26-20-10-8-15(13-24-20)22-25-17-4-2-3-5-19(17)29-22/h2-6,8-10,12-13H,7,11H2,1H3,(H,24,26,27). The van der Waals surface area contributed by atoms with Gasteiger partial charge in [0.1, 0.15) is 10.8 Å². The van der Waals surface area contributed by atoms with Gasteiger partial charge in [-0.3, -0.25) is 4.79 Å². The van der Waals surface area contributed by atoms with Crippen LogP contribution in [0.3, 0.4) is 0 Å². The van der Waals surface area contributed by atoms with Gasteiger partial charge in [-0.1, -0.05) is 18.2 Å². The van der Waals surface area contributed by atoms with E-state index in [1.54, 1.807) is 35.7 Å². The average molecular weight is 407 g/mol. The number of nitrogens with zero attached hydrogens (tertiary/aromatic N) is 2. The van der Waals surface area contributed by atoms with Crippen molar-refractivity contribution in [1.82, 2.24) is 9.97 Å². The Bertz CT molecular complexity index is 1130. The van der Waals surface area contributed by atoms with Gasteiger partial charge >= 0.3 is 0 Å². The summed E-state index contributed by atoms with van der Waals surface area (Å²) in [6.07, 6.45) is 2.36. The number of ether oxygens (including phenoxy) is 1. The Morgan fingerprint density at radius 2 is 2.03 bits per heavy atom. The number of pyridine rings is 1. The maximum Gasteiger partial charge on any atom is 0.225 e. The number of anilines is 1. The van der Waals surface area contributed by atoms with Crippen LogP contribution in [0.2, 0.25) is 0 Å². The Kier molecular flexibility index (Phi) is 5.48. The quantitative estimate of drug-likeness (QED) is 0.484. The van der Waals surface area contributed by atoms with Crippen molar-refractivity contribution in [3.63, 3.8) is 0 Å². The number of halogens is 1. The first kappa shape index (κ1) is 19.0. The number of benzene rings is 2. The van der Waals surface area contributed by atoms with Crippen LogP contribution in [0, 0.1) is 5.82 Å². The van der Waals surface area contributed by atoms with Gasteiger partial charge in [0.05, 0.1) is 17.3 Å². The molecule has 0 aliphatic rings. The third kappa shape index (κ3) is 4.41. The van der Waals surface area contributed by atoms with Crippen molar-refractivity contribution in [2.24, 2.45) is 0 Å². The van der Waals surface area contributed by atoms with Gasteiger partial charge in [-0.2, -0.15) is 0 Å². The summed E-state index contributed by atoms with van der Waals surface area (Å²) in [5.41, 5.74) is 2.59. The monoisotopic (exact) mass is 407 g/mol. The summed E-state index contributed by atoms with van der Waals surface area (Å²) in [6, 6.07) is 16.3. The van der Waals surface area contributed by atoms with Gasteiger partial charge in [0, 0.05) is 18.2 Å². The largest absolute Gasteiger partial charge is 0.494 e. The Morgan fingerprint density at radius 3 is 2.76 bits per heavy atom. The van der Waals surface area contributed by atoms with Gasteiger partial charge in [-0.25, -0.2) is 14.4 Å². The van der Waals surface area contributed by atoms with E-state index in [1.165, 1.54) is 13.2 Å². The lowest BCUT2D eigenvalue weighted by atomic mass is 10.1. The Morgan fingerprint density at radius 1 is 1.17 bits per heavy atom. The molecule has 0 saturated carbocycles. The molecule has 0 aliphatic carbocycles. The second-order valence-corrected chi connectivity index (χ2v) is 7.47. The summed E-state index contributed by atoms with van der Waals surface area (Å²) in [5, 5.41) is 3.66. The van der Waals surface area contributed by atoms with Crippen molar-refractivity contribution in [2.75, 3.05) is 12.4 Å². The van der Waals surface area contributed by atoms with Crippen LogP contribution in [0.5, 0.6) is 5.75 Å². The summed E-state index contributed by atoms with van der Waals surface area (Å²) >= 11 is 1.60. The number of hydrogen-bond donors (Lipinski definition) is 1. The normalized spacial score (nSPS) is 10.8. The van der Waals surface area contributed by atoms with Crippen LogP contribution in [-0.2, 0) is 11.2 Å². The van der Waals surface area contributed by atoms with Crippen molar-refractivity contribution < 1.29 is 13.9 Å². The summed E-state index contributed by atoms with van der Waals surface area (Å²) in [6.45, 7) is 0. The molecule has 4 aromatic rings. The van der Waals surface area contributed by atoms with E-state index in [4.69, 9.17) is 4.74 Å². The van der Waals surface area contributed by atoms with Gasteiger partial charge in [0.2, 0.25) is 5.91 Å². The first-order valence-corrected chi connectivity index (χ1v) is 9.88. The van der Waals surface area contributed by atoms with E-state index in [9.17, 15) is 9.18 Å². The van der Waals surface area contributed by atoms with Crippen LogP contribution in [0.1, 0.15) is 12.0 Å². The zero-order valence-electron chi connectivity index (χ0n) is 15.7. The minimum Gasteiger partial charge on any atom is -0.494 e. The molecule has 2 aromatic carbocycles. The number of aromatic nitrogens is 2. The molecule has 1 amide bonds. The number of amides is 1. The van der Waals surface area contributed by atoms with Crippen LogP contribution < -0.4 is 10.1 Å². The Balaban J connectivity index is 1.37. The van der Waals surface area contributed by atoms with Crippen molar-refractivity contribution in [3.05, 3.63) is 72.2 Å². The lowest BCUT2D eigenvalue weighted by Gasteiger charge is -2.07. The van der Waals surface area contributed by atoms with E-state index in [0.717, 1.165) is 26.4 Å². The summed E-state index contributed by atoms with van der Waals surface area (Å²) in [5.74, 6) is 0.0513. The third-order valence-corrected chi connectivity index (χ3v) is 5.51. The molecule has 0 saturated heterocycles. The molecule has 2 aromatic heterocycles. The second kappa shape index (κ2) is 8.36. The van der Waals surface area contributed by atoms with Gasteiger partial charge in [0.15, 0.2) is 11.6 Å². The van der Waals surface area contributed by atoms with Gasteiger partial charge in [-0.05, 0) is 48.4 Å². The highest BCUT2D eigenvalue weighted by molar-refractivity contribution is 7.21. The zero-order valence-corrected chi connectivity index (χ0v) is 16.5. The number of carbonyl (C=O) groups excluding carboxylic acids is 1. The molecule has 7 heteroatoms. The van der Waals surface area contributed by atoms with Crippen LogP contribution in [0.25, 0.3) is 20.8 Å². The molecule has 146 valence electrons. The number of hydrogen-bond acceptors (Lipinski definition) is 5. The van der Waals surface area contributed by atoms with E-state index >= 15 is 0 Å². The van der Waals surface area contributed by atoms with Gasteiger partial charge < -0.3 is 10.1 Å². The highest BCUT2D eigenvalue weighted by Crippen LogP contribution is 2.29. The molecule has 4 rings (SSSR count). The van der Waals surface area contributed by atoms with E-state index in [0.29, 0.717) is 12.2 Å². The summed E-state index contributed by atoms with van der Waals surface area (Å²) in [4.78, 5) is 21.1. The van der Waals surface area contributed by atoms with Crippen molar-refractivity contribution in [1.29, 1.82) is 0 Å². The number of carbonyl (C=O) groups is 1. The van der Waals surface area contributed by atoms with Crippen LogP contribution >= 0.6 is 11.3 Å².